The second-order valence-corrected chi connectivity index (χ2v) is 9.23. The van der Waals surface area contributed by atoms with Gasteiger partial charge in [0.1, 0.15) is 5.78 Å². The number of aliphatic hydroxyl groups is 1. The van der Waals surface area contributed by atoms with Crippen molar-refractivity contribution in [2.45, 2.75) is 65.2 Å². The number of allylic oxidation sites excluding steroid dienone is 2. The third-order valence-electron chi connectivity index (χ3n) is 8.45. The molecule has 4 aliphatic rings. The summed E-state index contributed by atoms with van der Waals surface area (Å²) in [6, 6.07) is 0. The van der Waals surface area contributed by atoms with E-state index >= 15 is 0 Å². The van der Waals surface area contributed by atoms with E-state index in [4.69, 9.17) is 0 Å². The molecule has 24 heavy (non-hydrogen) atoms. The molecule has 2 nitrogen and oxygen atoms in total. The molecule has 2 heteroatoms. The van der Waals surface area contributed by atoms with E-state index in [2.05, 4.69) is 26.5 Å². The van der Waals surface area contributed by atoms with E-state index in [1.165, 1.54) is 17.6 Å². The third-order valence-corrected chi connectivity index (χ3v) is 8.45. The summed E-state index contributed by atoms with van der Waals surface area (Å²) in [5, 5.41) is 10.4. The lowest BCUT2D eigenvalue weighted by atomic mass is 9.46. The largest absolute Gasteiger partial charge is 0.395 e. The van der Waals surface area contributed by atoms with E-state index in [-0.39, 0.29) is 17.4 Å². The monoisotopic (exact) mass is 328 g/mol. The molecule has 6 atom stereocenters. The Morgan fingerprint density at radius 3 is 2.79 bits per heavy atom. The van der Waals surface area contributed by atoms with Crippen LogP contribution in [0.2, 0.25) is 0 Å². The van der Waals surface area contributed by atoms with Gasteiger partial charge in [-0.25, -0.2) is 0 Å². The normalized spacial score (nSPS) is 47.7. The first-order chi connectivity index (χ1) is 11.5. The second-order valence-electron chi connectivity index (χ2n) is 9.23. The molecule has 132 valence electrons. The van der Waals surface area contributed by atoms with Gasteiger partial charge in [-0.15, -0.1) is 0 Å². The summed E-state index contributed by atoms with van der Waals surface area (Å²) >= 11 is 0. The zero-order chi connectivity index (χ0) is 17.1. The average Bonchev–Trinajstić information content (AvgIpc) is 2.85. The minimum Gasteiger partial charge on any atom is -0.395 e. The number of carbonyl (C=O) groups excluding carboxylic acids is 1. The average molecular weight is 328 g/mol. The molecule has 0 saturated heterocycles. The van der Waals surface area contributed by atoms with Gasteiger partial charge < -0.3 is 5.11 Å². The fourth-order valence-corrected chi connectivity index (χ4v) is 7.19. The van der Waals surface area contributed by atoms with Crippen LogP contribution >= 0.6 is 0 Å². The van der Waals surface area contributed by atoms with Crippen molar-refractivity contribution in [2.75, 3.05) is 6.61 Å². The van der Waals surface area contributed by atoms with E-state index in [1.807, 2.05) is 0 Å². The summed E-state index contributed by atoms with van der Waals surface area (Å²) in [6.07, 6.45) is 10.7. The lowest BCUT2D eigenvalue weighted by molar-refractivity contribution is -0.134. The van der Waals surface area contributed by atoms with Crippen molar-refractivity contribution >= 4 is 5.78 Å². The van der Waals surface area contributed by atoms with Crippen molar-refractivity contribution < 1.29 is 9.90 Å². The molecule has 0 heterocycles. The van der Waals surface area contributed by atoms with Gasteiger partial charge in [-0.1, -0.05) is 44.1 Å². The molecule has 0 aromatic carbocycles. The first kappa shape index (κ1) is 16.6. The fourth-order valence-electron chi connectivity index (χ4n) is 7.19. The number of carbonyl (C=O) groups is 1. The summed E-state index contributed by atoms with van der Waals surface area (Å²) in [7, 11) is 0. The maximum Gasteiger partial charge on any atom is 0.139 e. The molecule has 4 aliphatic carbocycles. The molecular weight excluding hydrogens is 296 g/mol. The van der Waals surface area contributed by atoms with E-state index in [0.717, 1.165) is 44.9 Å². The molecular formula is C22H32O2. The van der Waals surface area contributed by atoms with Gasteiger partial charge in [0.2, 0.25) is 0 Å². The molecule has 1 N–H and O–H groups in total. The first-order valence-corrected chi connectivity index (χ1v) is 9.99. The number of rotatable bonds is 2. The predicted molar refractivity (Wildman–Crippen MR) is 96.4 cm³/mol. The highest BCUT2D eigenvalue weighted by atomic mass is 16.3. The van der Waals surface area contributed by atoms with Crippen LogP contribution < -0.4 is 0 Å². The van der Waals surface area contributed by atoms with Crippen molar-refractivity contribution in [3.05, 3.63) is 23.8 Å². The summed E-state index contributed by atoms with van der Waals surface area (Å²) in [5.41, 5.74) is 2.59. The number of hydrogen-bond acceptors (Lipinski definition) is 2. The van der Waals surface area contributed by atoms with Gasteiger partial charge in [0, 0.05) is 17.3 Å². The number of Topliss-reactive ketones (excluding diaryl/α,β-unsaturated/α-hetero) is 1. The van der Waals surface area contributed by atoms with Gasteiger partial charge in [0.05, 0.1) is 6.61 Å². The van der Waals surface area contributed by atoms with Crippen molar-refractivity contribution in [1.29, 1.82) is 0 Å². The quantitative estimate of drug-likeness (QED) is 0.799. The Bertz CT molecular complexity index is 603. The van der Waals surface area contributed by atoms with Crippen LogP contribution in [0.3, 0.4) is 0 Å². The minimum atomic E-state index is -0.0853. The van der Waals surface area contributed by atoms with E-state index in [1.54, 1.807) is 0 Å². The standard InChI is InChI=1S/C22H32O2/c1-4-15-12-19(24)21(3)9-8-18-17(20(15)21)6-5-16-11-14(2)7-10-22(16,18)13-23/h11,15,17-18,20,23H,2,4-10,12-13H2,1,3H3/t15?,17-,18-,20+,21-,22-/m1/s1. The summed E-state index contributed by atoms with van der Waals surface area (Å²) in [5.74, 6) is 2.82. The Morgan fingerprint density at radius 1 is 1.29 bits per heavy atom. The van der Waals surface area contributed by atoms with Crippen LogP contribution in [0.15, 0.2) is 23.8 Å². The van der Waals surface area contributed by atoms with Gasteiger partial charge in [0.25, 0.3) is 0 Å². The smallest absolute Gasteiger partial charge is 0.139 e. The summed E-state index contributed by atoms with van der Waals surface area (Å²) < 4.78 is 0. The second kappa shape index (κ2) is 5.56. The van der Waals surface area contributed by atoms with Gasteiger partial charge in [0.15, 0.2) is 0 Å². The van der Waals surface area contributed by atoms with Gasteiger partial charge in [-0.05, 0) is 62.2 Å². The van der Waals surface area contributed by atoms with Gasteiger partial charge in [-0.2, -0.15) is 0 Å². The van der Waals surface area contributed by atoms with Crippen LogP contribution in [0.1, 0.15) is 65.2 Å². The van der Waals surface area contributed by atoms with Crippen LogP contribution in [0.5, 0.6) is 0 Å². The summed E-state index contributed by atoms with van der Waals surface area (Å²) in [6.45, 7) is 8.96. The zero-order valence-corrected chi connectivity index (χ0v) is 15.3. The highest BCUT2D eigenvalue weighted by Crippen LogP contribution is 2.66. The lowest BCUT2D eigenvalue weighted by Gasteiger charge is -2.58. The molecule has 0 amide bonds. The molecule has 0 aliphatic heterocycles. The van der Waals surface area contributed by atoms with Crippen LogP contribution in [0.4, 0.5) is 0 Å². The zero-order valence-electron chi connectivity index (χ0n) is 15.3. The predicted octanol–water partition coefficient (Wildman–Crippen LogP) is 4.68. The lowest BCUT2D eigenvalue weighted by Crippen LogP contribution is -2.53. The van der Waals surface area contributed by atoms with Crippen LogP contribution in [0.25, 0.3) is 0 Å². The Labute approximate surface area is 146 Å². The topological polar surface area (TPSA) is 37.3 Å². The van der Waals surface area contributed by atoms with E-state index in [9.17, 15) is 9.90 Å². The molecule has 3 fully saturated rings. The highest BCUT2D eigenvalue weighted by Gasteiger charge is 2.62. The van der Waals surface area contributed by atoms with E-state index in [0.29, 0.717) is 29.5 Å². The van der Waals surface area contributed by atoms with Crippen molar-refractivity contribution in [3.8, 4) is 0 Å². The Balaban J connectivity index is 1.75. The molecule has 0 spiro atoms. The minimum absolute atomic E-state index is 0.0185. The number of ketones is 1. The number of fused-ring (bicyclic) bond motifs is 5. The molecule has 1 unspecified atom stereocenters. The molecule has 0 aromatic heterocycles. The molecule has 0 radical (unpaired) electrons. The SMILES string of the molecule is C=C1C=C2CC[C@@H]3[C@@H](CC[C@]4(C)C(=O)CC(CC)[C@@H]34)[C@@]2(CO)CC1. The first-order valence-electron chi connectivity index (χ1n) is 9.99. The number of aliphatic hydroxyl groups excluding tert-OH is 1. The van der Waals surface area contributed by atoms with Gasteiger partial charge >= 0.3 is 0 Å². The van der Waals surface area contributed by atoms with Crippen LogP contribution in [-0.4, -0.2) is 17.5 Å². The van der Waals surface area contributed by atoms with Crippen molar-refractivity contribution in [3.63, 3.8) is 0 Å². The third kappa shape index (κ3) is 2.01. The maximum atomic E-state index is 12.8. The Morgan fingerprint density at radius 2 is 2.08 bits per heavy atom. The van der Waals surface area contributed by atoms with E-state index < -0.39 is 0 Å². The molecule has 3 saturated carbocycles. The highest BCUT2D eigenvalue weighted by molar-refractivity contribution is 5.87. The Hall–Kier alpha value is -0.890. The molecule has 0 bridgehead atoms. The van der Waals surface area contributed by atoms with Crippen molar-refractivity contribution in [1.82, 2.24) is 0 Å². The van der Waals surface area contributed by atoms with Crippen molar-refractivity contribution in [2.24, 2.45) is 34.5 Å². The molecule has 0 aromatic rings. The van der Waals surface area contributed by atoms with Crippen LogP contribution in [-0.2, 0) is 4.79 Å². The molecule has 4 rings (SSSR count). The summed E-state index contributed by atoms with van der Waals surface area (Å²) in [4.78, 5) is 12.8. The number of hydrogen-bond donors (Lipinski definition) is 1. The van der Waals surface area contributed by atoms with Crippen LogP contribution in [0, 0.1) is 34.5 Å². The fraction of sp³-hybridized carbons (Fsp3) is 0.773. The van der Waals surface area contributed by atoms with Gasteiger partial charge in [-0.3, -0.25) is 4.79 Å². The Kier molecular flexibility index (Phi) is 3.84. The maximum absolute atomic E-state index is 12.8.